The Morgan fingerprint density at radius 3 is 3.19 bits per heavy atom. The van der Waals surface area contributed by atoms with Crippen molar-refractivity contribution in [2.24, 2.45) is 0 Å². The van der Waals surface area contributed by atoms with Gasteiger partial charge in [-0.1, -0.05) is 29.7 Å². The minimum atomic E-state index is 0.111. The second kappa shape index (κ2) is 6.76. The van der Waals surface area contributed by atoms with E-state index in [1.807, 2.05) is 34.2 Å². The first-order valence-electron chi connectivity index (χ1n) is 6.46. The fourth-order valence-electron chi connectivity index (χ4n) is 1.80. The molecule has 6 heteroatoms. The van der Waals surface area contributed by atoms with Crippen LogP contribution in [-0.4, -0.2) is 26.3 Å². The molecule has 0 aliphatic heterocycles. The molecule has 0 unspecified atom stereocenters. The topological polar surface area (TPSA) is 50.4 Å². The fraction of sp³-hybridized carbons (Fsp3) is 0.200. The van der Waals surface area contributed by atoms with Gasteiger partial charge in [-0.2, -0.15) is 0 Å². The number of fused-ring (bicyclic) bond motifs is 1. The molecule has 3 aromatic rings. The number of aromatic nitrogens is 3. The zero-order valence-corrected chi connectivity index (χ0v) is 12.8. The van der Waals surface area contributed by atoms with Crippen LogP contribution in [0.4, 0.5) is 0 Å². The number of hydrogen-bond donors (Lipinski definition) is 1. The van der Waals surface area contributed by atoms with E-state index in [0.717, 1.165) is 22.1 Å². The maximum atomic E-state index is 8.71. The van der Waals surface area contributed by atoms with Gasteiger partial charge in [0.15, 0.2) is 10.8 Å². The first-order valence-corrected chi connectivity index (χ1v) is 8.33. The fourth-order valence-corrected chi connectivity index (χ4v) is 3.59. The van der Waals surface area contributed by atoms with Crippen LogP contribution in [0.5, 0.6) is 0 Å². The van der Waals surface area contributed by atoms with Crippen LogP contribution < -0.4 is 0 Å². The zero-order valence-electron chi connectivity index (χ0n) is 11.2. The molecule has 0 saturated heterocycles. The molecule has 106 valence electrons. The van der Waals surface area contributed by atoms with Gasteiger partial charge in [0.05, 0.1) is 6.61 Å². The van der Waals surface area contributed by atoms with Crippen molar-refractivity contribution in [2.75, 3.05) is 6.61 Å². The third kappa shape index (κ3) is 3.45. The third-order valence-electron chi connectivity index (χ3n) is 2.75. The summed E-state index contributed by atoms with van der Waals surface area (Å²) in [6, 6.07) is 7.96. The molecule has 0 aromatic carbocycles. The molecule has 0 aliphatic carbocycles. The number of hydrogen-bond acceptors (Lipinski definition) is 5. The normalized spacial score (nSPS) is 10.5. The van der Waals surface area contributed by atoms with E-state index < -0.39 is 0 Å². The number of thiophene rings is 1. The Bertz CT molecular complexity index is 798. The number of pyridine rings is 1. The first-order chi connectivity index (χ1) is 10.4. The molecule has 0 atom stereocenters. The molecule has 3 rings (SSSR count). The van der Waals surface area contributed by atoms with E-state index in [4.69, 9.17) is 5.11 Å². The van der Waals surface area contributed by atoms with Gasteiger partial charge in [0, 0.05) is 34.2 Å². The van der Waals surface area contributed by atoms with E-state index in [1.54, 1.807) is 23.1 Å². The maximum Gasteiger partial charge on any atom is 0.195 e. The van der Waals surface area contributed by atoms with Crippen LogP contribution in [-0.2, 0) is 5.75 Å². The minimum absolute atomic E-state index is 0.111. The number of aliphatic hydroxyl groups is 1. The lowest BCUT2D eigenvalue weighted by atomic mass is 10.3. The van der Waals surface area contributed by atoms with E-state index in [2.05, 4.69) is 28.1 Å². The van der Waals surface area contributed by atoms with Crippen molar-refractivity contribution in [3.8, 4) is 11.8 Å². The predicted molar refractivity (Wildman–Crippen MR) is 85.4 cm³/mol. The quantitative estimate of drug-likeness (QED) is 0.594. The minimum Gasteiger partial charge on any atom is -0.395 e. The number of thioether (sulfide) groups is 1. The molecule has 0 radical (unpaired) electrons. The van der Waals surface area contributed by atoms with Crippen LogP contribution in [0.1, 0.15) is 16.9 Å². The Hall–Kier alpha value is -1.81. The van der Waals surface area contributed by atoms with Gasteiger partial charge in [-0.25, -0.2) is 0 Å². The van der Waals surface area contributed by atoms with Gasteiger partial charge in [-0.05, 0) is 18.2 Å². The smallest absolute Gasteiger partial charge is 0.195 e. The molecule has 0 saturated carbocycles. The average Bonchev–Trinajstić information content (AvgIpc) is 3.12. The second-order valence-corrected chi connectivity index (χ2v) is 6.22. The lowest BCUT2D eigenvalue weighted by molar-refractivity contribution is 0.305. The molecule has 0 amide bonds. The number of aliphatic hydroxyl groups excluding tert-OH is 1. The summed E-state index contributed by atoms with van der Waals surface area (Å²) in [5.41, 5.74) is 1.87. The highest BCUT2D eigenvalue weighted by Crippen LogP contribution is 2.25. The van der Waals surface area contributed by atoms with Crippen LogP contribution >= 0.6 is 23.1 Å². The van der Waals surface area contributed by atoms with Gasteiger partial charge < -0.3 is 5.11 Å². The Kier molecular flexibility index (Phi) is 4.55. The second-order valence-electron chi connectivity index (χ2n) is 4.28. The molecule has 0 aliphatic rings. The first kappa shape index (κ1) is 14.1. The number of nitrogens with zero attached hydrogens (tertiary/aromatic N) is 3. The lowest BCUT2D eigenvalue weighted by Crippen LogP contribution is -1.86. The van der Waals surface area contributed by atoms with E-state index in [9.17, 15) is 0 Å². The van der Waals surface area contributed by atoms with Gasteiger partial charge in [0.2, 0.25) is 0 Å². The summed E-state index contributed by atoms with van der Waals surface area (Å²) >= 11 is 3.35. The summed E-state index contributed by atoms with van der Waals surface area (Å²) in [5, 5.41) is 20.0. The van der Waals surface area contributed by atoms with Crippen molar-refractivity contribution < 1.29 is 5.11 Å². The van der Waals surface area contributed by atoms with E-state index in [1.165, 1.54) is 4.88 Å². The summed E-state index contributed by atoms with van der Waals surface area (Å²) in [5.74, 6) is 6.83. The molecule has 21 heavy (non-hydrogen) atoms. The zero-order chi connectivity index (χ0) is 14.5. The summed E-state index contributed by atoms with van der Waals surface area (Å²) in [4.78, 5) is 1.25. The standard InChI is InChI=1S/C15H13N3OS2/c19-8-4-2-5-12-9-13(20-10-12)11-21-15-17-16-14-6-1-3-7-18(14)15/h1,3,6-7,9-10,19H,4,8,11H2. The summed E-state index contributed by atoms with van der Waals surface area (Å²) in [6.45, 7) is 0.111. The monoisotopic (exact) mass is 315 g/mol. The van der Waals surface area contributed by atoms with Crippen molar-refractivity contribution in [2.45, 2.75) is 17.3 Å². The van der Waals surface area contributed by atoms with Crippen molar-refractivity contribution in [1.29, 1.82) is 0 Å². The molecule has 0 spiro atoms. The van der Waals surface area contributed by atoms with Gasteiger partial charge >= 0.3 is 0 Å². The average molecular weight is 315 g/mol. The van der Waals surface area contributed by atoms with Gasteiger partial charge in [-0.15, -0.1) is 21.5 Å². The summed E-state index contributed by atoms with van der Waals surface area (Å²) in [7, 11) is 0. The van der Waals surface area contributed by atoms with Crippen LogP contribution in [0.15, 0.2) is 41.0 Å². The lowest BCUT2D eigenvalue weighted by Gasteiger charge is -1.97. The summed E-state index contributed by atoms with van der Waals surface area (Å²) in [6.07, 6.45) is 2.49. The Morgan fingerprint density at radius 1 is 1.33 bits per heavy atom. The maximum absolute atomic E-state index is 8.71. The van der Waals surface area contributed by atoms with Gasteiger partial charge in [-0.3, -0.25) is 4.40 Å². The van der Waals surface area contributed by atoms with Crippen molar-refractivity contribution in [3.05, 3.63) is 46.3 Å². The molecule has 0 fully saturated rings. The Morgan fingerprint density at radius 2 is 2.29 bits per heavy atom. The summed E-state index contributed by atoms with van der Waals surface area (Å²) < 4.78 is 1.99. The molecule has 3 aromatic heterocycles. The van der Waals surface area contributed by atoms with Crippen molar-refractivity contribution in [1.82, 2.24) is 14.6 Å². The van der Waals surface area contributed by atoms with Crippen LogP contribution in [0.3, 0.4) is 0 Å². The molecule has 4 nitrogen and oxygen atoms in total. The van der Waals surface area contributed by atoms with Gasteiger partial charge in [0.25, 0.3) is 0 Å². The third-order valence-corrected chi connectivity index (χ3v) is 4.86. The SMILES string of the molecule is OCCC#Cc1csc(CSc2nnc3ccccn23)c1. The van der Waals surface area contributed by atoms with E-state index in [0.29, 0.717) is 6.42 Å². The molecular formula is C15H13N3OS2. The van der Waals surface area contributed by atoms with Gasteiger partial charge in [0.1, 0.15) is 0 Å². The molecule has 1 N–H and O–H groups in total. The highest BCUT2D eigenvalue weighted by atomic mass is 32.2. The van der Waals surface area contributed by atoms with Crippen LogP contribution in [0.25, 0.3) is 5.65 Å². The molecule has 0 bridgehead atoms. The van der Waals surface area contributed by atoms with Crippen molar-refractivity contribution in [3.63, 3.8) is 0 Å². The highest BCUT2D eigenvalue weighted by molar-refractivity contribution is 7.98. The van der Waals surface area contributed by atoms with Crippen molar-refractivity contribution >= 4 is 28.7 Å². The van der Waals surface area contributed by atoms with Crippen LogP contribution in [0, 0.1) is 11.8 Å². The Labute approximate surface area is 130 Å². The van der Waals surface area contributed by atoms with Crippen LogP contribution in [0.2, 0.25) is 0 Å². The van der Waals surface area contributed by atoms with E-state index in [-0.39, 0.29) is 6.61 Å². The molecule has 3 heterocycles. The largest absolute Gasteiger partial charge is 0.395 e. The number of rotatable bonds is 4. The Balaban J connectivity index is 1.67. The molecular weight excluding hydrogens is 302 g/mol. The van der Waals surface area contributed by atoms with E-state index >= 15 is 0 Å². The predicted octanol–water partition coefficient (Wildman–Crippen LogP) is 2.82. The highest BCUT2D eigenvalue weighted by Gasteiger charge is 2.06.